The van der Waals surface area contributed by atoms with Gasteiger partial charge in [0.15, 0.2) is 11.5 Å². The molecule has 144 valence electrons. The van der Waals surface area contributed by atoms with Gasteiger partial charge in [-0.15, -0.1) is 0 Å². The molecule has 0 aromatic heterocycles. The van der Waals surface area contributed by atoms with Crippen molar-refractivity contribution in [2.75, 3.05) is 27.4 Å². The lowest BCUT2D eigenvalue weighted by Gasteiger charge is -2.08. The molecule has 0 saturated heterocycles. The molecule has 0 aliphatic heterocycles. The fourth-order valence-corrected chi connectivity index (χ4v) is 2.53. The summed E-state index contributed by atoms with van der Waals surface area (Å²) < 4.78 is 16.1. The SMILES string of the molecule is CCCOc1cccc(CCNC(=O)C=Cc2ccc(OC)c(OC)c2)c1. The third-order valence-electron chi connectivity index (χ3n) is 3.92. The average molecular weight is 369 g/mol. The van der Waals surface area contributed by atoms with Gasteiger partial charge >= 0.3 is 0 Å². The Bertz CT molecular complexity index is 771. The molecule has 5 heteroatoms. The highest BCUT2D eigenvalue weighted by Crippen LogP contribution is 2.27. The molecule has 0 bridgehead atoms. The van der Waals surface area contributed by atoms with E-state index in [1.807, 2.05) is 42.5 Å². The van der Waals surface area contributed by atoms with E-state index in [1.54, 1.807) is 20.3 Å². The number of carbonyl (C=O) groups is 1. The lowest BCUT2D eigenvalue weighted by Crippen LogP contribution is -2.23. The smallest absolute Gasteiger partial charge is 0.244 e. The van der Waals surface area contributed by atoms with Crippen LogP contribution in [0.4, 0.5) is 0 Å². The third kappa shape index (κ3) is 6.70. The first-order valence-corrected chi connectivity index (χ1v) is 9.06. The van der Waals surface area contributed by atoms with Gasteiger partial charge in [0.25, 0.3) is 0 Å². The molecule has 2 aromatic rings. The molecule has 0 radical (unpaired) electrons. The lowest BCUT2D eigenvalue weighted by molar-refractivity contribution is -0.116. The summed E-state index contributed by atoms with van der Waals surface area (Å²) in [6.07, 6.45) is 4.99. The molecule has 2 aromatic carbocycles. The third-order valence-corrected chi connectivity index (χ3v) is 3.92. The van der Waals surface area contributed by atoms with Crippen LogP contribution in [0.3, 0.4) is 0 Å². The summed E-state index contributed by atoms with van der Waals surface area (Å²) in [6.45, 7) is 3.35. The van der Waals surface area contributed by atoms with Gasteiger partial charge in [0.2, 0.25) is 5.91 Å². The van der Waals surface area contributed by atoms with E-state index in [-0.39, 0.29) is 5.91 Å². The second-order valence-corrected chi connectivity index (χ2v) is 5.98. The molecule has 0 fully saturated rings. The molecule has 0 aliphatic carbocycles. The number of methoxy groups -OCH3 is 2. The van der Waals surface area contributed by atoms with Crippen LogP contribution < -0.4 is 19.5 Å². The maximum absolute atomic E-state index is 12.0. The van der Waals surface area contributed by atoms with Gasteiger partial charge in [-0.2, -0.15) is 0 Å². The van der Waals surface area contributed by atoms with E-state index in [9.17, 15) is 4.79 Å². The minimum Gasteiger partial charge on any atom is -0.494 e. The highest BCUT2D eigenvalue weighted by molar-refractivity contribution is 5.91. The number of benzene rings is 2. The fraction of sp³-hybridized carbons (Fsp3) is 0.318. The number of nitrogens with one attached hydrogen (secondary N) is 1. The van der Waals surface area contributed by atoms with Crippen molar-refractivity contribution in [3.63, 3.8) is 0 Å². The van der Waals surface area contributed by atoms with E-state index in [4.69, 9.17) is 14.2 Å². The summed E-state index contributed by atoms with van der Waals surface area (Å²) >= 11 is 0. The molecule has 5 nitrogen and oxygen atoms in total. The van der Waals surface area contributed by atoms with Crippen molar-refractivity contribution in [2.24, 2.45) is 0 Å². The van der Waals surface area contributed by atoms with Crippen LogP contribution in [0, 0.1) is 0 Å². The molecule has 1 N–H and O–H groups in total. The topological polar surface area (TPSA) is 56.8 Å². The quantitative estimate of drug-likeness (QED) is 0.646. The van der Waals surface area contributed by atoms with E-state index in [0.29, 0.717) is 24.7 Å². The van der Waals surface area contributed by atoms with E-state index in [2.05, 4.69) is 12.2 Å². The van der Waals surface area contributed by atoms with Crippen LogP contribution in [0.5, 0.6) is 17.2 Å². The zero-order valence-corrected chi connectivity index (χ0v) is 16.2. The molecule has 2 rings (SSSR count). The van der Waals surface area contributed by atoms with Crippen LogP contribution in [0.15, 0.2) is 48.5 Å². The Morgan fingerprint density at radius 1 is 1.07 bits per heavy atom. The zero-order chi connectivity index (χ0) is 19.5. The summed E-state index contributed by atoms with van der Waals surface area (Å²) in [7, 11) is 3.17. The normalized spacial score (nSPS) is 10.6. The number of ether oxygens (including phenoxy) is 3. The molecule has 27 heavy (non-hydrogen) atoms. The Labute approximate surface area is 161 Å². The van der Waals surface area contributed by atoms with E-state index >= 15 is 0 Å². The zero-order valence-electron chi connectivity index (χ0n) is 16.2. The fourth-order valence-electron chi connectivity index (χ4n) is 2.53. The number of rotatable bonds is 10. The van der Waals surface area contributed by atoms with Crippen molar-refractivity contribution in [2.45, 2.75) is 19.8 Å². The molecule has 0 saturated carbocycles. The van der Waals surface area contributed by atoms with E-state index in [1.165, 1.54) is 6.08 Å². The van der Waals surface area contributed by atoms with E-state index in [0.717, 1.165) is 29.7 Å². The Morgan fingerprint density at radius 2 is 1.89 bits per heavy atom. The molecule has 0 atom stereocenters. The Kier molecular flexibility index (Phi) is 8.23. The Morgan fingerprint density at radius 3 is 2.63 bits per heavy atom. The Hall–Kier alpha value is -2.95. The second kappa shape index (κ2) is 10.9. The molecular formula is C22H27NO4. The number of hydrogen-bond donors (Lipinski definition) is 1. The van der Waals surface area contributed by atoms with Crippen molar-refractivity contribution >= 4 is 12.0 Å². The molecule has 0 spiro atoms. The first-order valence-electron chi connectivity index (χ1n) is 9.06. The molecule has 0 heterocycles. The molecule has 0 unspecified atom stereocenters. The highest BCUT2D eigenvalue weighted by atomic mass is 16.5. The van der Waals surface area contributed by atoms with Crippen LogP contribution in [0.1, 0.15) is 24.5 Å². The van der Waals surface area contributed by atoms with Gasteiger partial charge in [-0.25, -0.2) is 0 Å². The summed E-state index contributed by atoms with van der Waals surface area (Å²) in [6, 6.07) is 13.5. The van der Waals surface area contributed by atoms with Crippen LogP contribution in [0.2, 0.25) is 0 Å². The van der Waals surface area contributed by atoms with Gasteiger partial charge in [0.1, 0.15) is 5.75 Å². The van der Waals surface area contributed by atoms with Crippen molar-refractivity contribution in [3.05, 3.63) is 59.7 Å². The highest BCUT2D eigenvalue weighted by Gasteiger charge is 2.03. The Balaban J connectivity index is 1.83. The minimum atomic E-state index is -0.136. The minimum absolute atomic E-state index is 0.136. The predicted octanol–water partition coefficient (Wildman–Crippen LogP) is 3.86. The maximum atomic E-state index is 12.0. The molecule has 0 aliphatic rings. The second-order valence-electron chi connectivity index (χ2n) is 5.98. The maximum Gasteiger partial charge on any atom is 0.244 e. The monoisotopic (exact) mass is 369 g/mol. The molecular weight excluding hydrogens is 342 g/mol. The van der Waals surface area contributed by atoms with Crippen molar-refractivity contribution in [1.82, 2.24) is 5.32 Å². The van der Waals surface area contributed by atoms with Gasteiger partial charge in [-0.05, 0) is 54.3 Å². The predicted molar refractivity (Wildman–Crippen MR) is 108 cm³/mol. The van der Waals surface area contributed by atoms with Gasteiger partial charge in [-0.3, -0.25) is 4.79 Å². The van der Waals surface area contributed by atoms with Gasteiger partial charge in [-0.1, -0.05) is 25.1 Å². The lowest BCUT2D eigenvalue weighted by atomic mass is 10.1. The standard InChI is InChI=1S/C22H27NO4/c1-4-14-27-19-7-5-6-17(15-19)12-13-23-22(24)11-9-18-8-10-20(25-2)21(16-18)26-3/h5-11,15-16H,4,12-14H2,1-3H3,(H,23,24). The first kappa shape index (κ1) is 20.4. The number of hydrogen-bond acceptors (Lipinski definition) is 4. The van der Waals surface area contributed by atoms with Gasteiger partial charge < -0.3 is 19.5 Å². The average Bonchev–Trinajstić information content (AvgIpc) is 2.70. The van der Waals surface area contributed by atoms with Crippen molar-refractivity contribution in [3.8, 4) is 17.2 Å². The van der Waals surface area contributed by atoms with Crippen LogP contribution >= 0.6 is 0 Å². The number of amides is 1. The van der Waals surface area contributed by atoms with Gasteiger partial charge in [0.05, 0.1) is 20.8 Å². The summed E-state index contributed by atoms with van der Waals surface area (Å²) in [5.74, 6) is 2.02. The summed E-state index contributed by atoms with van der Waals surface area (Å²) in [5.41, 5.74) is 2.00. The van der Waals surface area contributed by atoms with Crippen molar-refractivity contribution in [1.29, 1.82) is 0 Å². The molecule has 1 amide bonds. The first-order chi connectivity index (χ1) is 13.2. The van der Waals surface area contributed by atoms with Crippen LogP contribution in [0.25, 0.3) is 6.08 Å². The summed E-state index contributed by atoms with van der Waals surface area (Å²) in [4.78, 5) is 12.0. The largest absolute Gasteiger partial charge is 0.494 e. The van der Waals surface area contributed by atoms with E-state index < -0.39 is 0 Å². The van der Waals surface area contributed by atoms with Crippen LogP contribution in [-0.4, -0.2) is 33.3 Å². The van der Waals surface area contributed by atoms with Gasteiger partial charge in [0, 0.05) is 12.6 Å². The van der Waals surface area contributed by atoms with Crippen LogP contribution in [-0.2, 0) is 11.2 Å². The summed E-state index contributed by atoms with van der Waals surface area (Å²) in [5, 5.41) is 2.89. The number of carbonyl (C=O) groups excluding carboxylic acids is 1. The van der Waals surface area contributed by atoms with Crippen molar-refractivity contribution < 1.29 is 19.0 Å².